The Hall–Kier alpha value is -3.52. The van der Waals surface area contributed by atoms with Crippen LogP contribution in [0.3, 0.4) is 0 Å². The number of rotatable bonds is 15. The number of ether oxygens (including phenoxy) is 2. The van der Waals surface area contributed by atoms with Crippen LogP contribution in [0.5, 0.6) is 11.5 Å². The van der Waals surface area contributed by atoms with Crippen molar-refractivity contribution >= 4 is 55.5 Å². The molecule has 11 nitrogen and oxygen atoms in total. The van der Waals surface area contributed by atoms with Crippen molar-refractivity contribution in [3.05, 3.63) is 59.7 Å². The maximum Gasteiger partial charge on any atom is 0.235 e. The lowest BCUT2D eigenvalue weighted by Gasteiger charge is -2.16. The average molecular weight is 616 g/mol. The molecule has 13 heteroatoms. The minimum absolute atomic E-state index is 0.0222. The minimum Gasteiger partial charge on any atom is -0.497 e. The number of aliphatic hydroxyl groups is 2. The van der Waals surface area contributed by atoms with Gasteiger partial charge in [0.1, 0.15) is 17.3 Å². The van der Waals surface area contributed by atoms with Gasteiger partial charge in [0.2, 0.25) is 5.91 Å². The summed E-state index contributed by atoms with van der Waals surface area (Å²) in [6.45, 7) is -0.842. The van der Waals surface area contributed by atoms with E-state index in [4.69, 9.17) is 31.1 Å². The first-order valence-electron chi connectivity index (χ1n) is 13.1. The molecular formula is C29H37N5O6S2. The summed E-state index contributed by atoms with van der Waals surface area (Å²) >= 11 is 1.72. The monoisotopic (exact) mass is 615 g/mol. The van der Waals surface area contributed by atoms with Crippen LogP contribution in [0.2, 0.25) is 0 Å². The highest BCUT2D eigenvalue weighted by atomic mass is 32.2. The molecule has 0 radical (unpaired) electrons. The molecule has 0 spiro atoms. The van der Waals surface area contributed by atoms with E-state index in [1.807, 2.05) is 0 Å². The molecule has 1 amide bonds. The van der Waals surface area contributed by atoms with Gasteiger partial charge in [0.05, 0.1) is 60.8 Å². The van der Waals surface area contributed by atoms with Gasteiger partial charge in [-0.2, -0.15) is 0 Å². The number of Topliss-reactive ketones (excluding diaryl/α,β-unsaturated/α-hetero) is 1. The molecule has 0 aliphatic rings. The van der Waals surface area contributed by atoms with Crippen molar-refractivity contribution in [3.63, 3.8) is 0 Å². The lowest BCUT2D eigenvalue weighted by Crippen LogP contribution is -2.34. The van der Waals surface area contributed by atoms with Crippen molar-refractivity contribution in [2.45, 2.75) is 43.9 Å². The first kappa shape index (κ1) is 34.7. The van der Waals surface area contributed by atoms with Gasteiger partial charge in [0.25, 0.3) is 0 Å². The van der Waals surface area contributed by atoms with E-state index in [1.54, 1.807) is 48.5 Å². The van der Waals surface area contributed by atoms with E-state index in [0.29, 0.717) is 48.3 Å². The van der Waals surface area contributed by atoms with Gasteiger partial charge >= 0.3 is 0 Å². The Balaban J connectivity index is 1.70. The second-order valence-corrected chi connectivity index (χ2v) is 11.5. The normalized spacial score (nSPS) is 12.1. The molecule has 2 aromatic rings. The molecule has 226 valence electrons. The summed E-state index contributed by atoms with van der Waals surface area (Å²) < 4.78 is 10.3. The summed E-state index contributed by atoms with van der Waals surface area (Å²) in [4.78, 5) is 25.3. The number of methoxy groups -OCH3 is 2. The van der Waals surface area contributed by atoms with Crippen LogP contribution in [0.1, 0.15) is 55.1 Å². The Kier molecular flexibility index (Phi) is 15.0. The molecule has 0 bridgehead atoms. The zero-order chi connectivity index (χ0) is 31.1. The summed E-state index contributed by atoms with van der Waals surface area (Å²) in [6.07, 6.45) is 1.65. The van der Waals surface area contributed by atoms with E-state index in [9.17, 15) is 19.8 Å². The second kappa shape index (κ2) is 18.1. The Bertz CT molecular complexity index is 1190. The van der Waals surface area contributed by atoms with E-state index in [-0.39, 0.29) is 32.5 Å². The number of amidine groups is 1. The van der Waals surface area contributed by atoms with Crippen LogP contribution in [0.4, 0.5) is 0 Å². The molecule has 0 fully saturated rings. The van der Waals surface area contributed by atoms with Gasteiger partial charge in [-0.25, -0.2) is 0 Å². The summed E-state index contributed by atoms with van der Waals surface area (Å²) in [5.74, 6) is -1.43. The molecule has 0 aliphatic carbocycles. The smallest absolute Gasteiger partial charge is 0.235 e. The van der Waals surface area contributed by atoms with Crippen molar-refractivity contribution in [1.29, 1.82) is 21.6 Å². The molecule has 0 aliphatic heterocycles. The van der Waals surface area contributed by atoms with Crippen LogP contribution in [0.15, 0.2) is 48.5 Å². The van der Waals surface area contributed by atoms with Gasteiger partial charge in [-0.1, -0.05) is 36.0 Å². The van der Waals surface area contributed by atoms with E-state index in [2.05, 4.69) is 5.32 Å². The molecule has 0 heterocycles. The maximum atomic E-state index is 12.7. The summed E-state index contributed by atoms with van der Waals surface area (Å²) in [6, 6.07) is 13.6. The van der Waals surface area contributed by atoms with Gasteiger partial charge < -0.3 is 25.0 Å². The molecule has 2 rings (SSSR count). The topological polar surface area (TPSA) is 200 Å². The van der Waals surface area contributed by atoms with Crippen molar-refractivity contribution in [2.24, 2.45) is 0 Å². The fraction of sp³-hybridized carbons (Fsp3) is 0.379. The number of ketones is 1. The van der Waals surface area contributed by atoms with Gasteiger partial charge in [0, 0.05) is 0 Å². The van der Waals surface area contributed by atoms with E-state index < -0.39 is 31.0 Å². The van der Waals surface area contributed by atoms with Crippen molar-refractivity contribution in [1.82, 2.24) is 5.32 Å². The zero-order valence-corrected chi connectivity index (χ0v) is 25.2. The van der Waals surface area contributed by atoms with Crippen molar-refractivity contribution < 1.29 is 29.3 Å². The number of benzene rings is 2. The standard InChI is InChI=1S/C29H37N5O6S2/c1-39-20-9-5-7-18(13-20)22(16-35)24(37)15-27(32)41-25(30)11-3-4-12-26(31)42-29(33)34-28(38)23(17-36)19-8-6-10-21(14-19)40-2/h5-10,13-14,22-23,30-32,35-36H,3-4,11-12,15-17H2,1-2H3,(H2,33,34,38). The molecule has 0 saturated carbocycles. The van der Waals surface area contributed by atoms with E-state index in [1.165, 1.54) is 14.2 Å². The van der Waals surface area contributed by atoms with Gasteiger partial charge in [0.15, 0.2) is 5.17 Å². The summed E-state index contributed by atoms with van der Waals surface area (Å²) in [5.41, 5.74) is 1.15. The lowest BCUT2D eigenvalue weighted by molar-refractivity contribution is -0.122. The highest BCUT2D eigenvalue weighted by molar-refractivity contribution is 8.26. The quantitative estimate of drug-likeness (QED) is 0.0860. The molecule has 2 atom stereocenters. The Morgan fingerprint density at radius 3 is 1.79 bits per heavy atom. The molecule has 2 unspecified atom stereocenters. The van der Waals surface area contributed by atoms with Gasteiger partial charge in [-0.05, 0) is 72.8 Å². The fourth-order valence-corrected chi connectivity index (χ4v) is 5.34. The number of carbonyl (C=O) groups is 2. The number of carbonyl (C=O) groups excluding carboxylic acids is 2. The number of amides is 1. The van der Waals surface area contributed by atoms with Crippen LogP contribution in [-0.2, 0) is 9.59 Å². The molecule has 0 aromatic heterocycles. The van der Waals surface area contributed by atoms with Crippen molar-refractivity contribution in [3.8, 4) is 11.5 Å². The second-order valence-electron chi connectivity index (χ2n) is 9.17. The van der Waals surface area contributed by atoms with Crippen LogP contribution in [-0.4, -0.2) is 69.6 Å². The number of nitrogens with one attached hydrogen (secondary N) is 5. The number of unbranched alkanes of at least 4 members (excludes halogenated alkanes) is 1. The first-order valence-corrected chi connectivity index (χ1v) is 14.7. The van der Waals surface area contributed by atoms with Crippen LogP contribution >= 0.6 is 23.5 Å². The van der Waals surface area contributed by atoms with E-state index >= 15 is 0 Å². The first-order chi connectivity index (χ1) is 20.1. The number of aliphatic hydroxyl groups excluding tert-OH is 2. The number of thioether (sulfide) groups is 2. The Morgan fingerprint density at radius 1 is 0.786 bits per heavy atom. The lowest BCUT2D eigenvalue weighted by atomic mass is 9.94. The third kappa shape index (κ3) is 11.4. The van der Waals surface area contributed by atoms with Crippen LogP contribution in [0, 0.1) is 21.6 Å². The average Bonchev–Trinajstić information content (AvgIpc) is 2.96. The predicted octanol–water partition coefficient (Wildman–Crippen LogP) is 4.52. The highest BCUT2D eigenvalue weighted by Crippen LogP contribution is 2.25. The van der Waals surface area contributed by atoms with Gasteiger partial charge in [-0.15, -0.1) is 0 Å². The SMILES string of the molecule is COc1cccc(C(CO)C(=O)CC(=N)SC(=N)CCCCC(=N)SC(=N)NC(=O)C(CO)c2cccc(OC)c2)c1. The van der Waals surface area contributed by atoms with Crippen molar-refractivity contribution in [2.75, 3.05) is 27.4 Å². The van der Waals surface area contributed by atoms with Crippen LogP contribution < -0.4 is 14.8 Å². The van der Waals surface area contributed by atoms with E-state index in [0.717, 1.165) is 23.5 Å². The Morgan fingerprint density at radius 2 is 1.29 bits per heavy atom. The van der Waals surface area contributed by atoms with Crippen LogP contribution in [0.25, 0.3) is 0 Å². The third-order valence-corrected chi connectivity index (χ3v) is 7.76. The highest BCUT2D eigenvalue weighted by Gasteiger charge is 2.23. The molecule has 2 aromatic carbocycles. The molecular weight excluding hydrogens is 578 g/mol. The molecule has 0 saturated heterocycles. The number of hydrogen-bond donors (Lipinski definition) is 7. The fourth-order valence-electron chi connectivity index (χ4n) is 3.94. The largest absolute Gasteiger partial charge is 0.497 e. The number of hydrogen-bond acceptors (Lipinski definition) is 12. The van der Waals surface area contributed by atoms with Gasteiger partial charge in [-0.3, -0.25) is 31.2 Å². The maximum absolute atomic E-state index is 12.7. The predicted molar refractivity (Wildman–Crippen MR) is 168 cm³/mol. The Labute approximate surface area is 253 Å². The summed E-state index contributed by atoms with van der Waals surface area (Å²) in [5, 5.41) is 54.5. The zero-order valence-electron chi connectivity index (χ0n) is 23.6. The molecule has 7 N–H and O–H groups in total. The summed E-state index contributed by atoms with van der Waals surface area (Å²) in [7, 11) is 3.01. The molecule has 42 heavy (non-hydrogen) atoms. The minimum atomic E-state index is -0.885. The third-order valence-electron chi connectivity index (χ3n) is 6.16.